The molecule has 1 N–H and O–H groups in total. The zero-order valence-electron chi connectivity index (χ0n) is 13.3. The van der Waals surface area contributed by atoms with E-state index in [2.05, 4.69) is 74.3 Å². The number of aromatic nitrogens is 1. The van der Waals surface area contributed by atoms with Crippen LogP contribution in [0, 0.1) is 0 Å². The predicted molar refractivity (Wildman–Crippen MR) is 100.0 cm³/mol. The zero-order chi connectivity index (χ0) is 14.4. The number of rotatable bonds is 2. The molecular weight excluding hydrogens is 392 g/mol. The normalized spacial score (nSPS) is 18.8. The Hall–Kier alpha value is -0.427. The third kappa shape index (κ3) is 2.98. The van der Waals surface area contributed by atoms with Gasteiger partial charge in [0.1, 0.15) is 0 Å². The number of nitrogens with one attached hydrogen (secondary N) is 1. The van der Waals surface area contributed by atoms with Crippen LogP contribution < -0.4 is 3.40 Å². The van der Waals surface area contributed by atoms with Crippen LogP contribution in [0.1, 0.15) is 35.5 Å². The van der Waals surface area contributed by atoms with E-state index in [1.165, 1.54) is 14.5 Å². The Morgan fingerprint density at radius 3 is 2.32 bits per heavy atom. The third-order valence-corrected chi connectivity index (χ3v) is 18.3. The molecule has 2 aromatic rings. The van der Waals surface area contributed by atoms with E-state index in [4.69, 9.17) is 4.21 Å². The molecule has 119 valence electrons. The van der Waals surface area contributed by atoms with Crippen LogP contribution in [0.3, 0.4) is 0 Å². The summed E-state index contributed by atoms with van der Waals surface area (Å²) in [5.74, 6) is 0. The van der Waals surface area contributed by atoms with Gasteiger partial charge in [-0.3, -0.25) is 0 Å². The molecule has 3 rings (SSSR count). The topological polar surface area (TPSA) is 15.8 Å². The Morgan fingerprint density at radius 1 is 1.05 bits per heavy atom. The van der Waals surface area contributed by atoms with Crippen LogP contribution in [0.4, 0.5) is 0 Å². The quantitative estimate of drug-likeness (QED) is 0.705. The van der Waals surface area contributed by atoms with Crippen LogP contribution in [0.25, 0.3) is 6.08 Å². The Bertz CT molecular complexity index is 696. The van der Waals surface area contributed by atoms with Gasteiger partial charge in [0.2, 0.25) is 0 Å². The molecule has 22 heavy (non-hydrogen) atoms. The molecule has 0 aliphatic heterocycles. The molecule has 1 nitrogen and oxygen atoms in total. The Kier molecular flexibility index (Phi) is 6.24. The summed E-state index contributed by atoms with van der Waals surface area (Å²) >= 11 is -2.90. The fraction of sp³-hybridized carbons (Fsp3) is 0.278. The number of halogens is 2. The van der Waals surface area contributed by atoms with Crippen molar-refractivity contribution in [3.8, 4) is 0 Å². The maximum atomic E-state index is 4.89. The number of hydrogen-bond donors (Lipinski definition) is 1. The van der Waals surface area contributed by atoms with Crippen molar-refractivity contribution < 1.29 is 19.8 Å². The molecule has 1 aromatic heterocycles. The van der Waals surface area contributed by atoms with Crippen LogP contribution in [0.15, 0.2) is 48.7 Å². The summed E-state index contributed by atoms with van der Waals surface area (Å²) in [5, 5.41) is 0. The second kappa shape index (κ2) is 6.99. The number of hydrogen-bond acceptors (Lipinski definition) is 0. The number of benzene rings is 1. The number of aromatic amines is 1. The first-order valence-electron chi connectivity index (χ1n) is 7.21. The molecule has 0 bridgehead atoms. The van der Waals surface area contributed by atoms with Gasteiger partial charge in [0.05, 0.1) is 0 Å². The van der Waals surface area contributed by atoms with Crippen molar-refractivity contribution in [1.29, 1.82) is 0 Å². The van der Waals surface area contributed by atoms with Crippen molar-refractivity contribution in [3.63, 3.8) is 0 Å². The first-order valence-corrected chi connectivity index (χ1v) is 12.8. The molecular formula is C18H24Cl2NZr. The van der Waals surface area contributed by atoms with Gasteiger partial charge in [-0.25, -0.2) is 0 Å². The van der Waals surface area contributed by atoms with Gasteiger partial charge >= 0.3 is 126 Å². The van der Waals surface area contributed by atoms with Crippen molar-refractivity contribution in [2.75, 3.05) is 0 Å². The van der Waals surface area contributed by atoms with Crippen molar-refractivity contribution in [1.82, 2.24) is 4.98 Å². The molecule has 0 amide bonds. The van der Waals surface area contributed by atoms with Crippen LogP contribution >= 0.6 is 24.8 Å². The van der Waals surface area contributed by atoms with Gasteiger partial charge in [-0.2, -0.15) is 0 Å². The summed E-state index contributed by atoms with van der Waals surface area (Å²) in [6, 6.07) is 13.1. The minimum atomic E-state index is -2.90. The van der Waals surface area contributed by atoms with E-state index in [-0.39, 0.29) is 27.9 Å². The van der Waals surface area contributed by atoms with Crippen LogP contribution in [0.5, 0.6) is 0 Å². The Morgan fingerprint density at radius 2 is 1.73 bits per heavy atom. The van der Waals surface area contributed by atoms with Gasteiger partial charge in [-0.15, -0.1) is 24.8 Å². The second-order valence-corrected chi connectivity index (χ2v) is 18.1. The van der Waals surface area contributed by atoms with Gasteiger partial charge in [-0.1, -0.05) is 0 Å². The fourth-order valence-corrected chi connectivity index (χ4v) is 13.2. The van der Waals surface area contributed by atoms with Crippen LogP contribution in [-0.2, 0) is 19.8 Å². The molecule has 1 aromatic carbocycles. The minimum absolute atomic E-state index is 0. The van der Waals surface area contributed by atoms with Crippen molar-refractivity contribution >= 4 is 38.5 Å². The van der Waals surface area contributed by atoms with Gasteiger partial charge < -0.3 is 0 Å². The van der Waals surface area contributed by atoms with E-state index in [0.29, 0.717) is 3.63 Å². The zero-order valence-corrected chi connectivity index (χ0v) is 17.4. The molecule has 0 saturated carbocycles. The molecule has 2 atom stereocenters. The molecule has 2 unspecified atom stereocenters. The Balaban J connectivity index is 0.00000121. The van der Waals surface area contributed by atoms with Crippen molar-refractivity contribution in [2.24, 2.45) is 0 Å². The molecule has 0 fully saturated rings. The van der Waals surface area contributed by atoms with E-state index in [1.54, 1.807) is 0 Å². The second-order valence-electron chi connectivity index (χ2n) is 6.77. The van der Waals surface area contributed by atoms with E-state index < -0.39 is 19.8 Å². The summed E-state index contributed by atoms with van der Waals surface area (Å²) in [6.07, 6.45) is 6.73. The summed E-state index contributed by atoms with van der Waals surface area (Å²) in [4.78, 5) is 3.49. The van der Waals surface area contributed by atoms with Crippen molar-refractivity contribution in [2.45, 2.75) is 27.5 Å². The first kappa shape index (κ1) is 19.6. The van der Waals surface area contributed by atoms with E-state index >= 15 is 0 Å². The average molecular weight is 417 g/mol. The number of allylic oxidation sites excluding steroid dienone is 1. The average Bonchev–Trinajstić information content (AvgIpc) is 3.06. The summed E-state index contributed by atoms with van der Waals surface area (Å²) in [5.41, 5.74) is 2.85. The molecule has 0 saturated heterocycles. The number of fused-ring (bicyclic) bond motifs is 1. The third-order valence-electron chi connectivity index (χ3n) is 4.75. The van der Waals surface area contributed by atoms with Gasteiger partial charge in [-0.05, 0) is 0 Å². The monoisotopic (exact) mass is 414 g/mol. The maximum absolute atomic E-state index is 4.89. The standard InChI is InChI=1S/C9H7.C4H4N.C4H9.CH2.2ClH.Zr/c1-2-5-9-7-3-6-8(9)4-1;1-2-4-5-3-1;1-4(2)3;;;;/h1-7H;1-3,5H;1-3H3;1H2;2*1H;. The van der Waals surface area contributed by atoms with E-state index in [9.17, 15) is 0 Å². The Labute approximate surface area is 149 Å². The molecule has 1 aliphatic rings. The molecule has 4 heteroatoms. The SMILES string of the molecule is Cl.Cl.[CH2]=[Zr]([c]1ccc[nH]1)([CH]1C=Cc2ccccc21)[C](C)(C)C. The summed E-state index contributed by atoms with van der Waals surface area (Å²) in [7, 11) is 0. The van der Waals surface area contributed by atoms with Crippen LogP contribution in [-0.4, -0.2) is 9.20 Å². The van der Waals surface area contributed by atoms with Gasteiger partial charge in [0.15, 0.2) is 0 Å². The molecule has 1 aliphatic carbocycles. The summed E-state index contributed by atoms with van der Waals surface area (Å²) < 4.78 is 7.08. The van der Waals surface area contributed by atoms with Gasteiger partial charge in [0.25, 0.3) is 0 Å². The van der Waals surface area contributed by atoms with E-state index in [0.717, 1.165) is 0 Å². The number of H-pyrrole nitrogens is 1. The molecule has 0 spiro atoms. The predicted octanol–water partition coefficient (Wildman–Crippen LogP) is 5.06. The van der Waals surface area contributed by atoms with E-state index in [1.807, 2.05) is 6.20 Å². The summed E-state index contributed by atoms with van der Waals surface area (Å²) in [6.45, 7) is 7.10. The molecule has 0 radical (unpaired) electrons. The first-order chi connectivity index (χ1) is 9.44. The molecule has 1 heterocycles. The van der Waals surface area contributed by atoms with Gasteiger partial charge in [0, 0.05) is 0 Å². The van der Waals surface area contributed by atoms with Crippen LogP contribution in [0.2, 0.25) is 3.12 Å². The fourth-order valence-electron chi connectivity index (χ4n) is 3.33. The van der Waals surface area contributed by atoms with Crippen molar-refractivity contribution in [3.05, 3.63) is 59.8 Å².